The Morgan fingerprint density at radius 3 is 2.14 bits per heavy atom. The number of nitrogens with one attached hydrogen (secondary N) is 2. The Labute approximate surface area is 172 Å². The van der Waals surface area contributed by atoms with Gasteiger partial charge in [0, 0.05) is 16.9 Å². The number of aliphatic hydroxyl groups excluding tert-OH is 1. The summed E-state index contributed by atoms with van der Waals surface area (Å²) in [4.78, 5) is 4.51. The number of fused-ring (bicyclic) bond motifs is 1. The first kappa shape index (κ1) is 19.0. The van der Waals surface area contributed by atoms with Gasteiger partial charge in [0.25, 0.3) is 0 Å². The van der Waals surface area contributed by atoms with Gasteiger partial charge in [0.2, 0.25) is 0 Å². The second kappa shape index (κ2) is 8.38. The average molecular weight is 407 g/mol. The molecule has 3 aromatic carbocycles. The van der Waals surface area contributed by atoms with Crippen LogP contribution in [0.25, 0.3) is 10.2 Å². The molecular formula is C22H21N3O3S. The quantitative estimate of drug-likeness (QED) is 0.368. The number of aliphatic hydroxyl groups is 1. The molecule has 0 saturated heterocycles. The number of hydrogen-bond acceptors (Lipinski definition) is 7. The first-order chi connectivity index (χ1) is 14.1. The fourth-order valence-electron chi connectivity index (χ4n) is 2.88. The molecule has 0 bridgehead atoms. The van der Waals surface area contributed by atoms with Crippen molar-refractivity contribution in [1.29, 1.82) is 0 Å². The molecule has 7 heteroatoms. The smallest absolute Gasteiger partial charge is 0.186 e. The molecule has 1 aromatic heterocycles. The summed E-state index contributed by atoms with van der Waals surface area (Å²) in [5.74, 6) is 1.60. The lowest BCUT2D eigenvalue weighted by molar-refractivity contribution is 0.208. The Balaban J connectivity index is 1.42. The number of methoxy groups -OCH3 is 2. The van der Waals surface area contributed by atoms with E-state index in [1.54, 1.807) is 14.2 Å². The summed E-state index contributed by atoms with van der Waals surface area (Å²) in [5, 5.41) is 17.6. The Kier molecular flexibility index (Phi) is 5.50. The van der Waals surface area contributed by atoms with Crippen molar-refractivity contribution < 1.29 is 14.6 Å². The summed E-state index contributed by atoms with van der Waals surface area (Å²) in [6.07, 6.45) is -0.854. The topological polar surface area (TPSA) is 75.6 Å². The van der Waals surface area contributed by atoms with Crippen LogP contribution in [0.2, 0.25) is 0 Å². The molecule has 0 aliphatic rings. The molecule has 0 amide bonds. The average Bonchev–Trinajstić information content (AvgIpc) is 3.16. The molecule has 0 radical (unpaired) electrons. The summed E-state index contributed by atoms with van der Waals surface area (Å²) in [5.41, 5.74) is 3.51. The number of aromatic nitrogens is 1. The summed E-state index contributed by atoms with van der Waals surface area (Å²) in [6.45, 7) is 0. The number of nitrogens with zero attached hydrogens (tertiary/aromatic N) is 1. The van der Waals surface area contributed by atoms with Crippen LogP contribution >= 0.6 is 11.3 Å². The first-order valence-electron chi connectivity index (χ1n) is 9.05. The number of anilines is 3. The predicted molar refractivity (Wildman–Crippen MR) is 117 cm³/mol. The van der Waals surface area contributed by atoms with Gasteiger partial charge >= 0.3 is 0 Å². The molecule has 0 aliphatic carbocycles. The van der Waals surface area contributed by atoms with Gasteiger partial charge in [0.15, 0.2) is 11.4 Å². The molecule has 4 rings (SSSR count). The number of rotatable bonds is 7. The number of hydrogen-bond donors (Lipinski definition) is 3. The van der Waals surface area contributed by atoms with E-state index in [0.717, 1.165) is 38.7 Å². The lowest BCUT2D eigenvalue weighted by Gasteiger charge is -2.13. The van der Waals surface area contributed by atoms with Crippen molar-refractivity contribution in [2.24, 2.45) is 0 Å². The molecule has 1 atom stereocenters. The Hall–Kier alpha value is -3.29. The zero-order chi connectivity index (χ0) is 20.2. The Morgan fingerprint density at radius 1 is 0.862 bits per heavy atom. The fraction of sp³-hybridized carbons (Fsp3) is 0.136. The van der Waals surface area contributed by atoms with Crippen molar-refractivity contribution in [2.45, 2.75) is 6.23 Å². The highest BCUT2D eigenvalue weighted by atomic mass is 32.1. The maximum absolute atomic E-state index is 10.5. The maximum Gasteiger partial charge on any atom is 0.186 e. The van der Waals surface area contributed by atoms with Gasteiger partial charge in [-0.2, -0.15) is 0 Å². The van der Waals surface area contributed by atoms with Crippen molar-refractivity contribution in [3.05, 3.63) is 72.3 Å². The second-order valence-electron chi connectivity index (χ2n) is 6.38. The zero-order valence-corrected chi connectivity index (χ0v) is 16.9. The maximum atomic E-state index is 10.5. The SMILES string of the molecule is COc1ccc(Nc2ccc(C(O)Nc3nc4ccc(OC)cc4s3)cc2)cc1. The number of ether oxygens (including phenoxy) is 2. The van der Waals surface area contributed by atoms with Crippen LogP contribution in [0.15, 0.2) is 66.7 Å². The molecule has 0 spiro atoms. The van der Waals surface area contributed by atoms with E-state index in [-0.39, 0.29) is 0 Å². The largest absolute Gasteiger partial charge is 0.497 e. The molecule has 0 fully saturated rings. The van der Waals surface area contributed by atoms with Crippen LogP contribution < -0.4 is 20.1 Å². The Bertz CT molecular complexity index is 1090. The molecule has 6 nitrogen and oxygen atoms in total. The third-order valence-electron chi connectivity index (χ3n) is 4.46. The third-order valence-corrected chi connectivity index (χ3v) is 5.41. The molecule has 3 N–H and O–H groups in total. The molecule has 0 aliphatic heterocycles. The molecule has 1 unspecified atom stereocenters. The minimum atomic E-state index is -0.854. The zero-order valence-electron chi connectivity index (χ0n) is 16.0. The van der Waals surface area contributed by atoms with Crippen molar-refractivity contribution in [1.82, 2.24) is 4.98 Å². The molecule has 4 aromatic rings. The highest BCUT2D eigenvalue weighted by Gasteiger charge is 2.11. The van der Waals surface area contributed by atoms with Gasteiger partial charge in [-0.15, -0.1) is 0 Å². The first-order valence-corrected chi connectivity index (χ1v) is 9.86. The van der Waals surface area contributed by atoms with Crippen molar-refractivity contribution >= 4 is 38.1 Å². The van der Waals surface area contributed by atoms with Crippen LogP contribution in [0.1, 0.15) is 11.8 Å². The van der Waals surface area contributed by atoms with Gasteiger partial charge in [-0.25, -0.2) is 4.98 Å². The van der Waals surface area contributed by atoms with Crippen molar-refractivity contribution in [3.8, 4) is 11.5 Å². The van der Waals surface area contributed by atoms with Crippen LogP contribution in [0, 0.1) is 0 Å². The van der Waals surface area contributed by atoms with Gasteiger partial charge in [-0.3, -0.25) is 0 Å². The number of thiazole rings is 1. The summed E-state index contributed by atoms with van der Waals surface area (Å²) in [7, 11) is 3.28. The van der Waals surface area contributed by atoms with Crippen LogP contribution in [0.3, 0.4) is 0 Å². The Morgan fingerprint density at radius 2 is 1.48 bits per heavy atom. The summed E-state index contributed by atoms with van der Waals surface area (Å²) < 4.78 is 11.4. The molecule has 29 heavy (non-hydrogen) atoms. The van der Waals surface area contributed by atoms with Crippen molar-refractivity contribution in [3.63, 3.8) is 0 Å². The monoisotopic (exact) mass is 407 g/mol. The van der Waals surface area contributed by atoms with E-state index >= 15 is 0 Å². The van der Waals surface area contributed by atoms with E-state index in [1.165, 1.54) is 11.3 Å². The van der Waals surface area contributed by atoms with Gasteiger partial charge in [0.05, 0.1) is 24.4 Å². The van der Waals surface area contributed by atoms with Gasteiger partial charge < -0.3 is 25.2 Å². The molecule has 148 valence electrons. The van der Waals surface area contributed by atoms with Gasteiger partial charge in [0.1, 0.15) is 11.5 Å². The van der Waals surface area contributed by atoms with Crippen LogP contribution in [0.5, 0.6) is 11.5 Å². The van der Waals surface area contributed by atoms with Crippen molar-refractivity contribution in [2.75, 3.05) is 24.9 Å². The number of benzene rings is 3. The highest BCUT2D eigenvalue weighted by molar-refractivity contribution is 7.22. The molecule has 1 heterocycles. The third kappa shape index (κ3) is 4.42. The molecule has 0 saturated carbocycles. The van der Waals surface area contributed by atoms with Crippen LogP contribution in [0.4, 0.5) is 16.5 Å². The van der Waals surface area contributed by atoms with E-state index in [2.05, 4.69) is 15.6 Å². The van der Waals surface area contributed by atoms with Gasteiger partial charge in [-0.1, -0.05) is 23.5 Å². The molecular weight excluding hydrogens is 386 g/mol. The normalized spacial score (nSPS) is 11.8. The second-order valence-corrected chi connectivity index (χ2v) is 7.41. The van der Waals surface area contributed by atoms with Crippen LogP contribution in [-0.2, 0) is 0 Å². The predicted octanol–water partition coefficient (Wildman–Crippen LogP) is 5.16. The summed E-state index contributed by atoms with van der Waals surface area (Å²) in [6, 6.07) is 21.0. The standard InChI is InChI=1S/C22H21N3O3S/c1-27-17-9-7-16(8-10-17)23-15-5-3-14(4-6-15)21(26)25-22-24-19-12-11-18(28-2)13-20(19)29-22/h3-13,21,23,26H,1-2H3,(H,24,25). The summed E-state index contributed by atoms with van der Waals surface area (Å²) >= 11 is 1.47. The van der Waals surface area contributed by atoms with E-state index in [0.29, 0.717) is 5.13 Å². The lowest BCUT2D eigenvalue weighted by atomic mass is 10.1. The minimum Gasteiger partial charge on any atom is -0.497 e. The van der Waals surface area contributed by atoms with E-state index in [9.17, 15) is 5.11 Å². The van der Waals surface area contributed by atoms with Gasteiger partial charge in [-0.05, 0) is 54.6 Å². The highest BCUT2D eigenvalue weighted by Crippen LogP contribution is 2.31. The van der Waals surface area contributed by atoms with E-state index < -0.39 is 6.23 Å². The minimum absolute atomic E-state index is 0.654. The van der Waals surface area contributed by atoms with E-state index in [4.69, 9.17) is 9.47 Å². The lowest BCUT2D eigenvalue weighted by Crippen LogP contribution is -2.09. The fourth-order valence-corrected chi connectivity index (χ4v) is 3.80. The van der Waals surface area contributed by atoms with E-state index in [1.807, 2.05) is 66.7 Å². The van der Waals surface area contributed by atoms with Crippen LogP contribution in [-0.4, -0.2) is 24.3 Å².